The summed E-state index contributed by atoms with van der Waals surface area (Å²) in [5.74, 6) is -0.621. The molecular formula is C16H25NO3. The van der Waals surface area contributed by atoms with Crippen molar-refractivity contribution in [3.05, 3.63) is 35.4 Å². The molecule has 2 atom stereocenters. The molecule has 0 heterocycles. The molecule has 20 heavy (non-hydrogen) atoms. The first-order valence-corrected chi connectivity index (χ1v) is 7.28. The minimum Gasteiger partial charge on any atom is -0.390 e. The van der Waals surface area contributed by atoms with Gasteiger partial charge < -0.3 is 15.9 Å². The molecule has 4 nitrogen and oxygen atoms in total. The number of unbranched alkanes of at least 4 members (excludes halogenated alkanes) is 3. The number of carbonyl (C=O) groups excluding carboxylic acids is 1. The van der Waals surface area contributed by atoms with Gasteiger partial charge in [-0.3, -0.25) is 4.79 Å². The van der Waals surface area contributed by atoms with Crippen LogP contribution in [0.1, 0.15) is 56.3 Å². The second kappa shape index (κ2) is 8.72. The second-order valence-electron chi connectivity index (χ2n) is 5.23. The molecule has 1 aromatic carbocycles. The number of hydrogen-bond acceptors (Lipinski definition) is 3. The Morgan fingerprint density at radius 1 is 1.15 bits per heavy atom. The summed E-state index contributed by atoms with van der Waals surface area (Å²) >= 11 is 0. The van der Waals surface area contributed by atoms with Gasteiger partial charge in [-0.05, 0) is 24.0 Å². The average Bonchev–Trinajstić information content (AvgIpc) is 2.43. The Bertz CT molecular complexity index is 403. The van der Waals surface area contributed by atoms with Gasteiger partial charge in [-0.2, -0.15) is 0 Å². The number of hydrogen-bond donors (Lipinski definition) is 3. The molecular weight excluding hydrogens is 254 g/mol. The second-order valence-corrected chi connectivity index (χ2v) is 5.23. The van der Waals surface area contributed by atoms with Gasteiger partial charge in [0, 0.05) is 0 Å². The molecule has 0 aliphatic heterocycles. The quantitative estimate of drug-likeness (QED) is 0.605. The lowest BCUT2D eigenvalue weighted by atomic mass is 9.99. The van der Waals surface area contributed by atoms with Crippen LogP contribution in [0.3, 0.4) is 0 Å². The van der Waals surface area contributed by atoms with Gasteiger partial charge in [-0.15, -0.1) is 0 Å². The lowest BCUT2D eigenvalue weighted by molar-refractivity contribution is -0.121. The fraction of sp³-hybridized carbons (Fsp3) is 0.562. The third-order valence-electron chi connectivity index (χ3n) is 3.42. The molecule has 112 valence electrons. The van der Waals surface area contributed by atoms with Crippen LogP contribution in [0.5, 0.6) is 0 Å². The number of aliphatic hydroxyl groups excluding tert-OH is 2. The van der Waals surface area contributed by atoms with E-state index in [1.54, 1.807) is 12.1 Å². The minimum absolute atomic E-state index is 0.236. The van der Waals surface area contributed by atoms with E-state index >= 15 is 0 Å². The van der Waals surface area contributed by atoms with Crippen molar-refractivity contribution in [1.82, 2.24) is 0 Å². The highest BCUT2D eigenvalue weighted by atomic mass is 16.3. The van der Waals surface area contributed by atoms with Gasteiger partial charge in [0.25, 0.3) is 0 Å². The zero-order chi connectivity index (χ0) is 15.0. The van der Waals surface area contributed by atoms with Crippen LogP contribution < -0.4 is 5.73 Å². The van der Waals surface area contributed by atoms with Crippen molar-refractivity contribution in [1.29, 1.82) is 0 Å². The Morgan fingerprint density at radius 3 is 2.35 bits per heavy atom. The van der Waals surface area contributed by atoms with Crippen molar-refractivity contribution in [2.75, 3.05) is 0 Å². The fourth-order valence-corrected chi connectivity index (χ4v) is 2.18. The van der Waals surface area contributed by atoms with Gasteiger partial charge >= 0.3 is 0 Å². The van der Waals surface area contributed by atoms with Crippen LogP contribution >= 0.6 is 0 Å². The summed E-state index contributed by atoms with van der Waals surface area (Å²) < 4.78 is 0. The van der Waals surface area contributed by atoms with Crippen LogP contribution in [-0.2, 0) is 11.2 Å². The summed E-state index contributed by atoms with van der Waals surface area (Å²) in [7, 11) is 0. The molecule has 0 fully saturated rings. The largest absolute Gasteiger partial charge is 0.390 e. The molecule has 0 spiro atoms. The van der Waals surface area contributed by atoms with E-state index in [9.17, 15) is 15.0 Å². The molecule has 0 radical (unpaired) electrons. The number of aryl methyl sites for hydroxylation is 1. The maximum absolute atomic E-state index is 10.7. The zero-order valence-electron chi connectivity index (χ0n) is 12.1. The Balaban J connectivity index is 2.50. The number of aliphatic hydroxyl groups is 2. The molecule has 0 aromatic heterocycles. The highest BCUT2D eigenvalue weighted by molar-refractivity contribution is 5.74. The van der Waals surface area contributed by atoms with Gasteiger partial charge in [0.05, 0.1) is 12.5 Å². The third-order valence-corrected chi connectivity index (χ3v) is 3.42. The molecule has 0 aliphatic rings. The Hall–Kier alpha value is -1.39. The molecule has 0 aliphatic carbocycles. The summed E-state index contributed by atoms with van der Waals surface area (Å²) in [5, 5.41) is 19.6. The first kappa shape index (κ1) is 16.7. The maximum Gasteiger partial charge on any atom is 0.220 e. The van der Waals surface area contributed by atoms with Crippen molar-refractivity contribution in [2.45, 2.75) is 57.7 Å². The summed E-state index contributed by atoms with van der Waals surface area (Å²) in [6.45, 7) is 2.19. The van der Waals surface area contributed by atoms with Crippen LogP contribution in [0, 0.1) is 0 Å². The van der Waals surface area contributed by atoms with Crippen molar-refractivity contribution < 1.29 is 15.0 Å². The minimum atomic E-state index is -1.15. The van der Waals surface area contributed by atoms with E-state index in [2.05, 4.69) is 6.92 Å². The summed E-state index contributed by atoms with van der Waals surface area (Å²) in [6, 6.07) is 7.51. The van der Waals surface area contributed by atoms with Crippen LogP contribution in [0.15, 0.2) is 24.3 Å². The number of carbonyl (C=O) groups is 1. The summed E-state index contributed by atoms with van der Waals surface area (Å²) in [4.78, 5) is 10.7. The smallest absolute Gasteiger partial charge is 0.220 e. The number of nitrogens with two attached hydrogens (primary N) is 1. The van der Waals surface area contributed by atoms with E-state index in [1.165, 1.54) is 31.2 Å². The Labute approximate surface area is 120 Å². The van der Waals surface area contributed by atoms with Gasteiger partial charge in [-0.1, -0.05) is 50.5 Å². The molecule has 0 saturated carbocycles. The topological polar surface area (TPSA) is 83.6 Å². The predicted octanol–water partition coefficient (Wildman–Crippen LogP) is 2.08. The first-order chi connectivity index (χ1) is 9.54. The highest BCUT2D eigenvalue weighted by Gasteiger charge is 2.20. The molecule has 2 unspecified atom stereocenters. The van der Waals surface area contributed by atoms with E-state index in [0.29, 0.717) is 5.56 Å². The van der Waals surface area contributed by atoms with E-state index in [-0.39, 0.29) is 6.42 Å². The van der Waals surface area contributed by atoms with Gasteiger partial charge in [-0.25, -0.2) is 0 Å². The lowest BCUT2D eigenvalue weighted by Crippen LogP contribution is -2.25. The van der Waals surface area contributed by atoms with Gasteiger partial charge in [0.1, 0.15) is 6.10 Å². The normalized spacial score (nSPS) is 13.9. The fourth-order valence-electron chi connectivity index (χ4n) is 2.18. The molecule has 1 amide bonds. The third kappa shape index (κ3) is 5.72. The molecule has 1 rings (SSSR count). The van der Waals surface area contributed by atoms with E-state index in [0.717, 1.165) is 6.42 Å². The number of amides is 1. The lowest BCUT2D eigenvalue weighted by Gasteiger charge is -2.17. The van der Waals surface area contributed by atoms with Crippen molar-refractivity contribution >= 4 is 5.91 Å². The van der Waals surface area contributed by atoms with Gasteiger partial charge in [0.15, 0.2) is 0 Å². The van der Waals surface area contributed by atoms with Crippen molar-refractivity contribution in [3.63, 3.8) is 0 Å². The molecule has 0 saturated heterocycles. The predicted molar refractivity (Wildman–Crippen MR) is 79.1 cm³/mol. The molecule has 1 aromatic rings. The standard InChI is InChI=1S/C16H25NO3/c1-2-3-4-5-6-12-7-9-13(10-8-12)16(20)14(18)11-15(17)19/h7-10,14,16,18,20H,2-6,11H2,1H3,(H2,17,19). The summed E-state index contributed by atoms with van der Waals surface area (Å²) in [6.07, 6.45) is 3.46. The van der Waals surface area contributed by atoms with Crippen LogP contribution in [0.4, 0.5) is 0 Å². The number of rotatable bonds is 9. The van der Waals surface area contributed by atoms with E-state index < -0.39 is 18.1 Å². The SMILES string of the molecule is CCCCCCc1ccc(C(O)C(O)CC(N)=O)cc1. The average molecular weight is 279 g/mol. The maximum atomic E-state index is 10.7. The zero-order valence-corrected chi connectivity index (χ0v) is 12.1. The Morgan fingerprint density at radius 2 is 1.80 bits per heavy atom. The molecule has 4 heteroatoms. The highest BCUT2D eigenvalue weighted by Crippen LogP contribution is 2.20. The summed E-state index contributed by atoms with van der Waals surface area (Å²) in [5.41, 5.74) is 6.83. The van der Waals surface area contributed by atoms with E-state index in [1.807, 2.05) is 12.1 Å². The monoisotopic (exact) mass is 279 g/mol. The van der Waals surface area contributed by atoms with Crippen molar-refractivity contribution in [3.8, 4) is 0 Å². The molecule has 4 N–H and O–H groups in total. The number of benzene rings is 1. The van der Waals surface area contributed by atoms with Crippen molar-refractivity contribution in [2.24, 2.45) is 5.73 Å². The van der Waals surface area contributed by atoms with Crippen LogP contribution in [0.2, 0.25) is 0 Å². The van der Waals surface area contributed by atoms with Crippen LogP contribution in [0.25, 0.3) is 0 Å². The van der Waals surface area contributed by atoms with Gasteiger partial charge in [0.2, 0.25) is 5.91 Å². The first-order valence-electron chi connectivity index (χ1n) is 7.28. The number of primary amides is 1. The van der Waals surface area contributed by atoms with Crippen LogP contribution in [-0.4, -0.2) is 22.2 Å². The molecule has 0 bridgehead atoms. The van der Waals surface area contributed by atoms with E-state index in [4.69, 9.17) is 5.73 Å². The Kier molecular flexibility index (Phi) is 7.26.